The Morgan fingerprint density at radius 2 is 1.95 bits per heavy atom. The van der Waals surface area contributed by atoms with Crippen molar-refractivity contribution in [2.75, 3.05) is 10.5 Å². The number of alkyl halides is 3. The van der Waals surface area contributed by atoms with E-state index in [9.17, 15) is 21.6 Å². The topological polar surface area (TPSA) is 46.2 Å². The van der Waals surface area contributed by atoms with Crippen LogP contribution in [0.25, 0.3) is 0 Å². The summed E-state index contributed by atoms with van der Waals surface area (Å²) in [6.45, 7) is 0. The molecular weight excluding hydrogens is 371 g/mol. The van der Waals surface area contributed by atoms with Crippen LogP contribution in [0.2, 0.25) is 5.02 Å². The molecule has 3 nitrogen and oxygen atoms in total. The number of halogens is 5. The molecule has 0 radical (unpaired) electrons. The second-order valence-electron chi connectivity index (χ2n) is 3.76. The lowest BCUT2D eigenvalue weighted by atomic mass is 10.3. The summed E-state index contributed by atoms with van der Waals surface area (Å²) in [7, 11) is -3.83. The van der Waals surface area contributed by atoms with Gasteiger partial charge in [-0.05, 0) is 40.5 Å². The zero-order valence-electron chi connectivity index (χ0n) is 9.47. The Labute approximate surface area is 122 Å². The number of hydrogen-bond acceptors (Lipinski definition) is 2. The van der Waals surface area contributed by atoms with Crippen molar-refractivity contribution >= 4 is 43.2 Å². The van der Waals surface area contributed by atoms with E-state index in [1.807, 2.05) is 0 Å². The molecule has 1 aromatic carbocycles. The first-order valence-electron chi connectivity index (χ1n) is 5.11. The summed E-state index contributed by atoms with van der Waals surface area (Å²) in [4.78, 5) is 0. The zero-order chi connectivity index (χ0) is 14.7. The number of benzene rings is 1. The molecule has 0 amide bonds. The van der Waals surface area contributed by atoms with Gasteiger partial charge in [-0.25, -0.2) is 8.42 Å². The molecule has 0 atom stereocenters. The van der Waals surface area contributed by atoms with Crippen molar-refractivity contribution in [1.82, 2.24) is 0 Å². The smallest absolute Gasteiger partial charge is 0.282 e. The van der Waals surface area contributed by atoms with Gasteiger partial charge in [-0.1, -0.05) is 11.6 Å². The Hall–Kier alpha value is -0.470. The van der Waals surface area contributed by atoms with Gasteiger partial charge in [0.25, 0.3) is 0 Å². The standard InChI is InChI=1S/C10H10BrClF3NO2S/c11-8-3-2-7(12)6-9(8)16-19(17,18)5-1-4-10(13,14)15/h2-3,6,16H,1,4-5H2. The van der Waals surface area contributed by atoms with Gasteiger partial charge in [0.05, 0.1) is 11.4 Å². The lowest BCUT2D eigenvalue weighted by Gasteiger charge is -2.10. The second kappa shape index (κ2) is 6.32. The summed E-state index contributed by atoms with van der Waals surface area (Å²) in [5.41, 5.74) is 0.194. The highest BCUT2D eigenvalue weighted by molar-refractivity contribution is 9.10. The SMILES string of the molecule is O=S(=O)(CCCC(F)(F)F)Nc1cc(Cl)ccc1Br. The van der Waals surface area contributed by atoms with Crippen LogP contribution in [0.1, 0.15) is 12.8 Å². The summed E-state index contributed by atoms with van der Waals surface area (Å²) in [6.07, 6.45) is -5.98. The molecule has 0 bridgehead atoms. The molecule has 9 heteroatoms. The third kappa shape index (κ3) is 6.49. The first kappa shape index (κ1) is 16.6. The molecule has 0 saturated carbocycles. The summed E-state index contributed by atoms with van der Waals surface area (Å²) >= 11 is 8.82. The van der Waals surface area contributed by atoms with Crippen molar-refractivity contribution in [2.24, 2.45) is 0 Å². The Morgan fingerprint density at radius 1 is 1.32 bits per heavy atom. The van der Waals surface area contributed by atoms with Crippen LogP contribution < -0.4 is 4.72 Å². The van der Waals surface area contributed by atoms with E-state index in [0.717, 1.165) is 0 Å². The van der Waals surface area contributed by atoms with E-state index in [0.29, 0.717) is 9.50 Å². The number of hydrogen-bond donors (Lipinski definition) is 1. The first-order chi connectivity index (χ1) is 8.59. The van der Waals surface area contributed by atoms with Gasteiger partial charge in [-0.3, -0.25) is 4.72 Å². The minimum absolute atomic E-state index is 0.194. The van der Waals surface area contributed by atoms with Gasteiger partial charge in [0.2, 0.25) is 10.0 Å². The molecule has 19 heavy (non-hydrogen) atoms. The quantitative estimate of drug-likeness (QED) is 0.833. The molecule has 0 aliphatic carbocycles. The number of rotatable bonds is 5. The highest BCUT2D eigenvalue weighted by Crippen LogP contribution is 2.27. The maximum absolute atomic E-state index is 11.9. The fourth-order valence-electron chi connectivity index (χ4n) is 1.26. The van der Waals surface area contributed by atoms with Gasteiger partial charge in [-0.15, -0.1) is 0 Å². The molecule has 0 saturated heterocycles. The van der Waals surface area contributed by atoms with E-state index in [1.54, 1.807) is 6.07 Å². The molecule has 1 N–H and O–H groups in total. The van der Waals surface area contributed by atoms with Crippen LogP contribution in [-0.4, -0.2) is 20.3 Å². The number of sulfonamides is 1. The van der Waals surface area contributed by atoms with Crippen LogP contribution >= 0.6 is 27.5 Å². The van der Waals surface area contributed by atoms with E-state index < -0.39 is 34.8 Å². The molecule has 0 aliphatic heterocycles. The normalized spacial score (nSPS) is 12.5. The molecule has 1 rings (SSSR count). The van der Waals surface area contributed by atoms with Crippen LogP contribution in [0, 0.1) is 0 Å². The van der Waals surface area contributed by atoms with Crippen molar-refractivity contribution in [3.63, 3.8) is 0 Å². The van der Waals surface area contributed by atoms with E-state index in [-0.39, 0.29) is 5.69 Å². The number of nitrogens with one attached hydrogen (secondary N) is 1. The fourth-order valence-corrected chi connectivity index (χ4v) is 3.04. The average Bonchev–Trinajstić information content (AvgIpc) is 2.20. The van der Waals surface area contributed by atoms with Crippen molar-refractivity contribution < 1.29 is 21.6 Å². The van der Waals surface area contributed by atoms with Crippen LogP contribution in [0.5, 0.6) is 0 Å². The van der Waals surface area contributed by atoms with Gasteiger partial charge in [-0.2, -0.15) is 13.2 Å². The van der Waals surface area contributed by atoms with Gasteiger partial charge in [0.15, 0.2) is 0 Å². The Bertz CT molecular complexity index is 548. The van der Waals surface area contributed by atoms with Gasteiger partial charge in [0.1, 0.15) is 0 Å². The molecule has 0 aliphatic rings. The maximum Gasteiger partial charge on any atom is 0.389 e. The van der Waals surface area contributed by atoms with E-state index >= 15 is 0 Å². The van der Waals surface area contributed by atoms with Crippen molar-refractivity contribution in [2.45, 2.75) is 19.0 Å². The molecule has 1 aromatic rings. The van der Waals surface area contributed by atoms with Gasteiger partial charge in [0, 0.05) is 15.9 Å². The van der Waals surface area contributed by atoms with E-state index in [1.165, 1.54) is 12.1 Å². The van der Waals surface area contributed by atoms with Gasteiger partial charge < -0.3 is 0 Å². The molecule has 0 heterocycles. The highest BCUT2D eigenvalue weighted by atomic mass is 79.9. The largest absolute Gasteiger partial charge is 0.389 e. The summed E-state index contributed by atoms with van der Waals surface area (Å²) < 4.78 is 61.7. The van der Waals surface area contributed by atoms with Crippen molar-refractivity contribution in [3.8, 4) is 0 Å². The van der Waals surface area contributed by atoms with Crippen LogP contribution in [0.4, 0.5) is 18.9 Å². The summed E-state index contributed by atoms with van der Waals surface area (Å²) in [5, 5.41) is 0.316. The predicted molar refractivity (Wildman–Crippen MR) is 71.9 cm³/mol. The minimum atomic E-state index is -4.36. The highest BCUT2D eigenvalue weighted by Gasteiger charge is 2.27. The van der Waals surface area contributed by atoms with Crippen molar-refractivity contribution in [3.05, 3.63) is 27.7 Å². The lowest BCUT2D eigenvalue weighted by Crippen LogP contribution is -2.19. The average molecular weight is 381 g/mol. The third-order valence-electron chi connectivity index (χ3n) is 2.07. The van der Waals surface area contributed by atoms with Gasteiger partial charge >= 0.3 is 6.18 Å². The van der Waals surface area contributed by atoms with E-state index in [2.05, 4.69) is 20.7 Å². The van der Waals surface area contributed by atoms with Crippen LogP contribution in [0.3, 0.4) is 0 Å². The fraction of sp³-hybridized carbons (Fsp3) is 0.400. The minimum Gasteiger partial charge on any atom is -0.282 e. The van der Waals surface area contributed by atoms with Crippen LogP contribution in [-0.2, 0) is 10.0 Å². The molecular formula is C10H10BrClF3NO2S. The molecule has 0 aromatic heterocycles. The second-order valence-corrected chi connectivity index (χ2v) is 6.90. The first-order valence-corrected chi connectivity index (χ1v) is 7.94. The van der Waals surface area contributed by atoms with Crippen LogP contribution in [0.15, 0.2) is 22.7 Å². The zero-order valence-corrected chi connectivity index (χ0v) is 12.6. The number of anilines is 1. The maximum atomic E-state index is 11.9. The molecule has 0 spiro atoms. The molecule has 0 unspecified atom stereocenters. The Kier molecular flexibility index (Phi) is 5.52. The Balaban J connectivity index is 2.67. The Morgan fingerprint density at radius 3 is 2.53 bits per heavy atom. The molecule has 108 valence electrons. The predicted octanol–water partition coefficient (Wildman–Crippen LogP) is 4.19. The lowest BCUT2D eigenvalue weighted by molar-refractivity contribution is -0.134. The monoisotopic (exact) mass is 379 g/mol. The third-order valence-corrected chi connectivity index (χ3v) is 4.35. The summed E-state index contributed by atoms with van der Waals surface area (Å²) in [5.74, 6) is -0.606. The summed E-state index contributed by atoms with van der Waals surface area (Å²) in [6, 6.07) is 4.45. The van der Waals surface area contributed by atoms with Crippen molar-refractivity contribution in [1.29, 1.82) is 0 Å². The van der Waals surface area contributed by atoms with E-state index in [4.69, 9.17) is 11.6 Å². The molecule has 0 fully saturated rings.